The van der Waals surface area contributed by atoms with E-state index in [4.69, 9.17) is 0 Å². The summed E-state index contributed by atoms with van der Waals surface area (Å²) in [7, 11) is 2.12. The molecular formula is C18H37N2O+. The van der Waals surface area contributed by atoms with Crippen molar-refractivity contribution >= 4 is 5.84 Å². The fourth-order valence-electron chi connectivity index (χ4n) is 3.18. The Balaban J connectivity index is 2.00. The van der Waals surface area contributed by atoms with Crippen LogP contribution in [-0.4, -0.2) is 41.8 Å². The first-order valence-electron chi connectivity index (χ1n) is 9.18. The average molecular weight is 298 g/mol. The van der Waals surface area contributed by atoms with Crippen molar-refractivity contribution in [3.63, 3.8) is 0 Å². The van der Waals surface area contributed by atoms with Crippen molar-refractivity contribution in [1.82, 2.24) is 0 Å². The summed E-state index contributed by atoms with van der Waals surface area (Å²) in [6, 6.07) is 0. The van der Waals surface area contributed by atoms with E-state index in [-0.39, 0.29) is 6.23 Å². The molecule has 0 radical (unpaired) electrons. The maximum absolute atomic E-state index is 9.93. The van der Waals surface area contributed by atoms with Crippen molar-refractivity contribution in [3.05, 3.63) is 0 Å². The van der Waals surface area contributed by atoms with Crippen molar-refractivity contribution in [1.29, 1.82) is 0 Å². The summed E-state index contributed by atoms with van der Waals surface area (Å²) in [5.74, 6) is 1.21. The Morgan fingerprint density at radius 2 is 1.52 bits per heavy atom. The second kappa shape index (κ2) is 10.3. The zero-order valence-corrected chi connectivity index (χ0v) is 14.6. The van der Waals surface area contributed by atoms with Gasteiger partial charge >= 0.3 is 0 Å². The quantitative estimate of drug-likeness (QED) is 0.417. The standard InChI is InChI=1S/C18H37N2O/c1-4-5-6-7-8-9-10-11-12-13-14-18-19-15-16-20(18,3)17(2)21/h17,21H,4-16H2,1-3H3/q+1. The van der Waals surface area contributed by atoms with Crippen molar-refractivity contribution in [2.75, 3.05) is 20.1 Å². The fourth-order valence-corrected chi connectivity index (χ4v) is 3.18. The molecule has 124 valence electrons. The molecule has 21 heavy (non-hydrogen) atoms. The van der Waals surface area contributed by atoms with Gasteiger partial charge in [0.15, 0.2) is 12.1 Å². The average Bonchev–Trinajstić information content (AvgIpc) is 2.84. The van der Waals surface area contributed by atoms with Gasteiger partial charge in [-0.2, -0.15) is 0 Å². The van der Waals surface area contributed by atoms with Gasteiger partial charge in [-0.1, -0.05) is 64.7 Å². The largest absolute Gasteiger partial charge is 0.345 e. The van der Waals surface area contributed by atoms with Gasteiger partial charge in [-0.05, 0) is 6.42 Å². The predicted octanol–water partition coefficient (Wildman–Crippen LogP) is 4.49. The second-order valence-corrected chi connectivity index (χ2v) is 6.85. The number of quaternary nitrogens is 1. The molecule has 3 nitrogen and oxygen atoms in total. The van der Waals surface area contributed by atoms with E-state index in [9.17, 15) is 5.11 Å². The van der Waals surface area contributed by atoms with E-state index in [1.807, 2.05) is 6.92 Å². The summed E-state index contributed by atoms with van der Waals surface area (Å²) >= 11 is 0. The third kappa shape index (κ3) is 6.48. The number of aliphatic hydroxyl groups excluding tert-OH is 1. The molecule has 0 saturated carbocycles. The van der Waals surface area contributed by atoms with E-state index >= 15 is 0 Å². The van der Waals surface area contributed by atoms with E-state index in [2.05, 4.69) is 19.0 Å². The molecule has 0 saturated heterocycles. The topological polar surface area (TPSA) is 32.6 Å². The molecule has 1 aliphatic rings. The van der Waals surface area contributed by atoms with E-state index in [1.54, 1.807) is 0 Å². The molecule has 0 aromatic heterocycles. The minimum atomic E-state index is -0.325. The number of unbranched alkanes of at least 4 members (excludes halogenated alkanes) is 9. The molecule has 0 aromatic carbocycles. The van der Waals surface area contributed by atoms with Crippen LogP contribution in [-0.2, 0) is 0 Å². The SMILES string of the molecule is CCCCCCCCCCCCC1=NCC[N+]1(C)C(C)O. The van der Waals surface area contributed by atoms with Crippen LogP contribution in [0.2, 0.25) is 0 Å². The minimum Gasteiger partial charge on any atom is -0.345 e. The Morgan fingerprint density at radius 3 is 2.05 bits per heavy atom. The van der Waals surface area contributed by atoms with Crippen molar-refractivity contribution in [3.8, 4) is 0 Å². The van der Waals surface area contributed by atoms with Crippen LogP contribution >= 0.6 is 0 Å². The maximum atomic E-state index is 9.93. The van der Waals surface area contributed by atoms with Gasteiger partial charge in [0.2, 0.25) is 0 Å². The smallest absolute Gasteiger partial charge is 0.200 e. The van der Waals surface area contributed by atoms with Crippen molar-refractivity contribution in [2.45, 2.75) is 90.7 Å². The van der Waals surface area contributed by atoms with Crippen LogP contribution in [0.4, 0.5) is 0 Å². The Labute approximate surface area is 132 Å². The normalized spacial score (nSPS) is 23.3. The van der Waals surface area contributed by atoms with Crippen LogP contribution < -0.4 is 0 Å². The number of rotatable bonds is 12. The lowest BCUT2D eigenvalue weighted by Crippen LogP contribution is -2.53. The summed E-state index contributed by atoms with van der Waals surface area (Å²) in [5, 5.41) is 9.93. The van der Waals surface area contributed by atoms with Gasteiger partial charge < -0.3 is 5.11 Å². The lowest BCUT2D eigenvalue weighted by molar-refractivity contribution is -0.865. The van der Waals surface area contributed by atoms with Crippen LogP contribution in [0, 0.1) is 0 Å². The molecule has 0 spiro atoms. The lowest BCUT2D eigenvalue weighted by Gasteiger charge is -2.32. The molecule has 1 aliphatic heterocycles. The zero-order chi connectivity index (χ0) is 15.6. The number of amidine groups is 1. The van der Waals surface area contributed by atoms with Crippen LogP contribution in [0.15, 0.2) is 4.99 Å². The molecule has 1 heterocycles. The number of hydrogen-bond acceptors (Lipinski definition) is 2. The minimum absolute atomic E-state index is 0.325. The summed E-state index contributed by atoms with van der Waals surface area (Å²) in [6.45, 7) is 6.01. The Bertz CT molecular complexity index is 302. The number of hydrogen-bond donors (Lipinski definition) is 1. The molecule has 1 N–H and O–H groups in total. The predicted molar refractivity (Wildman–Crippen MR) is 91.5 cm³/mol. The summed E-state index contributed by atoms with van der Waals surface area (Å²) in [5.41, 5.74) is 0. The fraction of sp³-hybridized carbons (Fsp3) is 0.944. The van der Waals surface area contributed by atoms with Gasteiger partial charge in [-0.25, -0.2) is 4.99 Å². The zero-order valence-electron chi connectivity index (χ0n) is 14.6. The molecule has 2 unspecified atom stereocenters. The highest BCUT2D eigenvalue weighted by Gasteiger charge is 2.37. The van der Waals surface area contributed by atoms with Gasteiger partial charge in [0.1, 0.15) is 6.54 Å². The van der Waals surface area contributed by atoms with Crippen LogP contribution in [0.25, 0.3) is 0 Å². The summed E-state index contributed by atoms with van der Waals surface area (Å²) in [6.07, 6.45) is 14.5. The van der Waals surface area contributed by atoms with Gasteiger partial charge in [0.05, 0.1) is 13.6 Å². The van der Waals surface area contributed by atoms with Gasteiger partial charge in [-0.3, -0.25) is 4.48 Å². The van der Waals surface area contributed by atoms with E-state index in [0.717, 1.165) is 19.5 Å². The molecule has 0 amide bonds. The van der Waals surface area contributed by atoms with Gasteiger partial charge in [0.25, 0.3) is 0 Å². The Hall–Kier alpha value is -0.410. The third-order valence-corrected chi connectivity index (χ3v) is 5.03. The van der Waals surface area contributed by atoms with E-state index < -0.39 is 0 Å². The van der Waals surface area contributed by atoms with E-state index in [1.165, 1.54) is 70.0 Å². The highest BCUT2D eigenvalue weighted by Crippen LogP contribution is 2.20. The number of nitrogens with zero attached hydrogens (tertiary/aromatic N) is 2. The molecular weight excluding hydrogens is 260 g/mol. The van der Waals surface area contributed by atoms with Gasteiger partial charge in [-0.15, -0.1) is 0 Å². The van der Waals surface area contributed by atoms with Crippen LogP contribution in [0.3, 0.4) is 0 Å². The maximum Gasteiger partial charge on any atom is 0.200 e. The molecule has 0 bridgehead atoms. The van der Waals surface area contributed by atoms with Crippen molar-refractivity contribution < 1.29 is 9.59 Å². The molecule has 3 heteroatoms. The molecule has 1 rings (SSSR count). The van der Waals surface area contributed by atoms with Gasteiger partial charge in [0, 0.05) is 13.3 Å². The first kappa shape index (κ1) is 18.6. The number of aliphatic hydroxyl groups is 1. The Kier molecular flexibility index (Phi) is 9.18. The van der Waals surface area contributed by atoms with Crippen LogP contribution in [0.5, 0.6) is 0 Å². The monoisotopic (exact) mass is 297 g/mol. The second-order valence-electron chi connectivity index (χ2n) is 6.85. The molecule has 0 fully saturated rings. The number of aliphatic imine (C=N–C) groups is 1. The first-order chi connectivity index (χ1) is 10.1. The van der Waals surface area contributed by atoms with E-state index in [0.29, 0.717) is 4.48 Å². The molecule has 0 aliphatic carbocycles. The van der Waals surface area contributed by atoms with Crippen LogP contribution in [0.1, 0.15) is 84.5 Å². The highest BCUT2D eigenvalue weighted by molar-refractivity contribution is 5.76. The number of likely N-dealkylation sites (N-methyl/N-ethyl adjacent to an activating group) is 1. The summed E-state index contributed by atoms with van der Waals surface area (Å²) in [4.78, 5) is 4.61. The third-order valence-electron chi connectivity index (χ3n) is 5.03. The molecule has 0 aromatic rings. The van der Waals surface area contributed by atoms with Crippen molar-refractivity contribution in [2.24, 2.45) is 4.99 Å². The first-order valence-corrected chi connectivity index (χ1v) is 9.18. The summed E-state index contributed by atoms with van der Waals surface area (Å²) < 4.78 is 0.650. The Morgan fingerprint density at radius 1 is 1.00 bits per heavy atom. The highest BCUT2D eigenvalue weighted by atomic mass is 16.3. The molecule has 2 atom stereocenters. The lowest BCUT2D eigenvalue weighted by atomic mass is 10.1.